The molecular formula is C8H16N2O2. The van der Waals surface area contributed by atoms with Gasteiger partial charge in [0, 0.05) is 25.6 Å². The van der Waals surface area contributed by atoms with Gasteiger partial charge in [-0.1, -0.05) is 0 Å². The Morgan fingerprint density at radius 1 is 1.67 bits per heavy atom. The number of hydrazine groups is 1. The van der Waals surface area contributed by atoms with Crippen LogP contribution in [-0.2, 0) is 4.79 Å². The zero-order valence-corrected chi connectivity index (χ0v) is 7.66. The average Bonchev–Trinajstić information content (AvgIpc) is 2.45. The molecule has 0 bridgehead atoms. The third-order valence-corrected chi connectivity index (χ3v) is 2.23. The molecule has 1 fully saturated rings. The first-order valence-electron chi connectivity index (χ1n) is 4.38. The van der Waals surface area contributed by atoms with Crippen molar-refractivity contribution < 1.29 is 9.90 Å². The molecule has 70 valence electrons. The van der Waals surface area contributed by atoms with Gasteiger partial charge in [0.1, 0.15) is 0 Å². The van der Waals surface area contributed by atoms with E-state index in [2.05, 4.69) is 0 Å². The molecule has 0 spiro atoms. The van der Waals surface area contributed by atoms with Gasteiger partial charge in [-0.3, -0.25) is 9.80 Å². The Morgan fingerprint density at radius 3 is 2.83 bits per heavy atom. The monoisotopic (exact) mass is 172 g/mol. The van der Waals surface area contributed by atoms with E-state index in [4.69, 9.17) is 5.11 Å². The van der Waals surface area contributed by atoms with E-state index in [1.54, 1.807) is 5.01 Å². The van der Waals surface area contributed by atoms with Gasteiger partial charge in [0.25, 0.3) is 0 Å². The fourth-order valence-corrected chi connectivity index (χ4v) is 1.51. The number of nitrogens with zero attached hydrogens (tertiary/aromatic N) is 2. The molecule has 1 amide bonds. The van der Waals surface area contributed by atoms with E-state index >= 15 is 0 Å². The van der Waals surface area contributed by atoms with Gasteiger partial charge < -0.3 is 5.11 Å². The molecule has 1 rings (SSSR count). The predicted octanol–water partition coefficient (Wildman–Crippen LogP) is -0.164. The van der Waals surface area contributed by atoms with Crippen LogP contribution in [0, 0.1) is 0 Å². The van der Waals surface area contributed by atoms with Crippen LogP contribution in [0.4, 0.5) is 0 Å². The second-order valence-electron chi connectivity index (χ2n) is 3.05. The summed E-state index contributed by atoms with van der Waals surface area (Å²) < 4.78 is 0. The maximum atomic E-state index is 11.2. The Kier molecular flexibility index (Phi) is 3.05. The van der Waals surface area contributed by atoms with Crippen LogP contribution < -0.4 is 0 Å². The van der Waals surface area contributed by atoms with Gasteiger partial charge >= 0.3 is 0 Å². The quantitative estimate of drug-likeness (QED) is 0.643. The summed E-state index contributed by atoms with van der Waals surface area (Å²) in [5.41, 5.74) is 0. The van der Waals surface area contributed by atoms with Gasteiger partial charge in [-0.25, -0.2) is 5.01 Å². The first-order chi connectivity index (χ1) is 5.70. The van der Waals surface area contributed by atoms with Crippen molar-refractivity contribution in [3.63, 3.8) is 0 Å². The molecule has 0 aliphatic carbocycles. The topological polar surface area (TPSA) is 43.8 Å². The minimum absolute atomic E-state index is 0.0522. The molecule has 1 aliphatic rings. The molecule has 1 saturated heterocycles. The fraction of sp³-hybridized carbons (Fsp3) is 0.875. The van der Waals surface area contributed by atoms with Crippen molar-refractivity contribution in [2.24, 2.45) is 0 Å². The Bertz CT molecular complexity index is 172. The Labute approximate surface area is 72.7 Å². The number of amides is 1. The number of aliphatic hydroxyl groups excluding tert-OH is 1. The molecule has 1 heterocycles. The molecule has 0 radical (unpaired) electrons. The minimum atomic E-state index is 0.0522. The van der Waals surface area contributed by atoms with E-state index in [1.807, 2.05) is 18.9 Å². The van der Waals surface area contributed by atoms with Crippen LogP contribution in [0.1, 0.15) is 20.3 Å². The van der Waals surface area contributed by atoms with E-state index in [0.717, 1.165) is 6.54 Å². The highest BCUT2D eigenvalue weighted by Crippen LogP contribution is 2.14. The zero-order chi connectivity index (χ0) is 9.14. The summed E-state index contributed by atoms with van der Waals surface area (Å²) in [5.74, 6) is 0.165. The normalized spacial score (nSPS) is 21.9. The molecule has 0 aromatic rings. The van der Waals surface area contributed by atoms with Gasteiger partial charge in [-0.2, -0.15) is 0 Å². The Balaban J connectivity index is 2.59. The number of carbonyl (C=O) groups excluding carboxylic acids is 1. The van der Waals surface area contributed by atoms with Crippen LogP contribution in [0.5, 0.6) is 0 Å². The Morgan fingerprint density at radius 2 is 2.33 bits per heavy atom. The predicted molar refractivity (Wildman–Crippen MR) is 45.3 cm³/mol. The Hall–Kier alpha value is -0.610. The van der Waals surface area contributed by atoms with Gasteiger partial charge in [0.15, 0.2) is 0 Å². The lowest BCUT2D eigenvalue weighted by molar-refractivity contribution is -0.140. The average molecular weight is 172 g/mol. The summed E-state index contributed by atoms with van der Waals surface area (Å²) in [6.45, 7) is 5.41. The summed E-state index contributed by atoms with van der Waals surface area (Å²) in [4.78, 5) is 11.2. The van der Waals surface area contributed by atoms with Crippen LogP contribution >= 0.6 is 0 Å². The smallest absolute Gasteiger partial charge is 0.238 e. The highest BCUT2D eigenvalue weighted by atomic mass is 16.3. The summed E-state index contributed by atoms with van der Waals surface area (Å²) >= 11 is 0. The maximum absolute atomic E-state index is 11.2. The maximum Gasteiger partial charge on any atom is 0.238 e. The van der Waals surface area contributed by atoms with Crippen LogP contribution in [0.3, 0.4) is 0 Å². The molecular weight excluding hydrogens is 156 g/mol. The first-order valence-corrected chi connectivity index (χ1v) is 4.38. The van der Waals surface area contributed by atoms with Crippen molar-refractivity contribution in [1.82, 2.24) is 10.0 Å². The molecule has 4 nitrogen and oxygen atoms in total. The van der Waals surface area contributed by atoms with Crippen molar-refractivity contribution in [2.45, 2.75) is 26.3 Å². The van der Waals surface area contributed by atoms with E-state index in [-0.39, 0.29) is 18.6 Å². The van der Waals surface area contributed by atoms with Crippen LogP contribution in [-0.4, -0.2) is 46.8 Å². The lowest BCUT2D eigenvalue weighted by Gasteiger charge is -2.31. The number of aliphatic hydroxyl groups is 1. The molecule has 1 unspecified atom stereocenters. The number of rotatable bonds is 3. The summed E-state index contributed by atoms with van der Waals surface area (Å²) in [7, 11) is 0. The van der Waals surface area contributed by atoms with Crippen LogP contribution in [0.25, 0.3) is 0 Å². The molecule has 1 atom stereocenters. The number of carbonyl (C=O) groups is 1. The van der Waals surface area contributed by atoms with Crippen molar-refractivity contribution in [2.75, 3.05) is 19.7 Å². The fourth-order valence-electron chi connectivity index (χ4n) is 1.51. The van der Waals surface area contributed by atoms with Crippen molar-refractivity contribution in [3.8, 4) is 0 Å². The third kappa shape index (κ3) is 1.59. The van der Waals surface area contributed by atoms with Crippen LogP contribution in [0.15, 0.2) is 0 Å². The standard InChI is InChI=1S/C8H16N2O2/c1-3-9-8(12)4-5-10(9)7(2)6-11/h7,11H,3-6H2,1-2H3. The van der Waals surface area contributed by atoms with Gasteiger partial charge in [-0.05, 0) is 13.8 Å². The molecule has 4 heteroatoms. The van der Waals surface area contributed by atoms with Gasteiger partial charge in [0.2, 0.25) is 5.91 Å². The molecule has 1 N–H and O–H groups in total. The van der Waals surface area contributed by atoms with Crippen molar-refractivity contribution in [1.29, 1.82) is 0 Å². The number of hydrogen-bond acceptors (Lipinski definition) is 3. The molecule has 12 heavy (non-hydrogen) atoms. The second kappa shape index (κ2) is 3.87. The van der Waals surface area contributed by atoms with E-state index in [0.29, 0.717) is 13.0 Å². The van der Waals surface area contributed by atoms with E-state index in [1.165, 1.54) is 0 Å². The third-order valence-electron chi connectivity index (χ3n) is 2.23. The van der Waals surface area contributed by atoms with Crippen LogP contribution in [0.2, 0.25) is 0 Å². The molecule has 0 saturated carbocycles. The zero-order valence-electron chi connectivity index (χ0n) is 7.66. The molecule has 0 aromatic carbocycles. The summed E-state index contributed by atoms with van der Waals surface area (Å²) in [6, 6.07) is 0.0522. The minimum Gasteiger partial charge on any atom is -0.395 e. The van der Waals surface area contributed by atoms with Crippen molar-refractivity contribution >= 4 is 5.91 Å². The number of hydrogen-bond donors (Lipinski definition) is 1. The first kappa shape index (κ1) is 9.48. The summed E-state index contributed by atoms with van der Waals surface area (Å²) in [6.07, 6.45) is 0.582. The largest absolute Gasteiger partial charge is 0.395 e. The van der Waals surface area contributed by atoms with Gasteiger partial charge in [0.05, 0.1) is 6.61 Å². The van der Waals surface area contributed by atoms with Crippen molar-refractivity contribution in [3.05, 3.63) is 0 Å². The second-order valence-corrected chi connectivity index (χ2v) is 3.05. The van der Waals surface area contributed by atoms with E-state index < -0.39 is 0 Å². The highest BCUT2D eigenvalue weighted by molar-refractivity contribution is 5.77. The summed E-state index contributed by atoms with van der Waals surface area (Å²) in [5, 5.41) is 12.6. The van der Waals surface area contributed by atoms with Gasteiger partial charge in [-0.15, -0.1) is 0 Å². The van der Waals surface area contributed by atoms with E-state index in [9.17, 15) is 4.79 Å². The lowest BCUT2D eigenvalue weighted by Crippen LogP contribution is -2.45. The lowest BCUT2D eigenvalue weighted by atomic mass is 10.3. The SMILES string of the molecule is CCN1C(=O)CCN1C(C)CO. The molecule has 1 aliphatic heterocycles. The molecule has 0 aromatic heterocycles. The highest BCUT2D eigenvalue weighted by Gasteiger charge is 2.30.